The number of likely N-dealkylation sites (tertiary alicyclic amines) is 1. The summed E-state index contributed by atoms with van der Waals surface area (Å²) in [5, 5.41) is 0. The van der Waals surface area contributed by atoms with E-state index in [4.69, 9.17) is 9.47 Å². The van der Waals surface area contributed by atoms with Gasteiger partial charge in [0.1, 0.15) is 0 Å². The lowest BCUT2D eigenvalue weighted by Crippen LogP contribution is -2.40. The Morgan fingerprint density at radius 2 is 2.00 bits per heavy atom. The van der Waals surface area contributed by atoms with E-state index in [9.17, 15) is 4.79 Å². The van der Waals surface area contributed by atoms with E-state index in [1.54, 1.807) is 0 Å². The maximum atomic E-state index is 13.2. The van der Waals surface area contributed by atoms with Crippen molar-refractivity contribution in [2.24, 2.45) is 5.92 Å². The number of carbonyl (C=O) groups excluding carboxylic acids is 1. The number of allylic oxidation sites excluding steroid dienone is 2. The Morgan fingerprint density at radius 1 is 1.15 bits per heavy atom. The highest BCUT2D eigenvalue weighted by Crippen LogP contribution is 2.33. The van der Waals surface area contributed by atoms with Crippen LogP contribution in [0.15, 0.2) is 30.4 Å². The fourth-order valence-electron chi connectivity index (χ4n) is 4.09. The van der Waals surface area contributed by atoms with Crippen LogP contribution in [-0.2, 0) is 0 Å². The van der Waals surface area contributed by atoms with Gasteiger partial charge in [-0.15, -0.1) is 0 Å². The van der Waals surface area contributed by atoms with Gasteiger partial charge < -0.3 is 19.3 Å². The molecule has 2 heterocycles. The highest BCUT2D eigenvalue weighted by molar-refractivity contribution is 5.95. The van der Waals surface area contributed by atoms with Gasteiger partial charge in [0, 0.05) is 25.2 Å². The monoisotopic (exact) mass is 356 g/mol. The first kappa shape index (κ1) is 17.4. The number of rotatable bonds is 6. The van der Waals surface area contributed by atoms with Gasteiger partial charge in [-0.05, 0) is 69.3 Å². The first-order valence-electron chi connectivity index (χ1n) is 9.86. The smallest absolute Gasteiger partial charge is 0.254 e. The Balaban J connectivity index is 1.46. The topological polar surface area (TPSA) is 42.0 Å². The molecule has 140 valence electrons. The first-order chi connectivity index (χ1) is 12.8. The molecule has 0 N–H and O–H groups in total. The predicted octanol–water partition coefficient (Wildman–Crippen LogP) is 3.31. The maximum absolute atomic E-state index is 13.2. The highest BCUT2D eigenvalue weighted by Gasteiger charge is 2.24. The molecule has 1 fully saturated rings. The number of ether oxygens (including phenoxy) is 2. The minimum absolute atomic E-state index is 0.108. The molecule has 1 aliphatic carbocycles. The van der Waals surface area contributed by atoms with Crippen molar-refractivity contribution in [2.75, 3.05) is 39.5 Å². The van der Waals surface area contributed by atoms with Crippen LogP contribution < -0.4 is 9.47 Å². The van der Waals surface area contributed by atoms with Crippen LogP contribution >= 0.6 is 0 Å². The molecular formula is C21H28N2O3. The van der Waals surface area contributed by atoms with E-state index in [2.05, 4.69) is 22.0 Å². The molecule has 1 aromatic rings. The lowest BCUT2D eigenvalue weighted by atomic mass is 9.93. The number of benzene rings is 1. The third-order valence-electron chi connectivity index (χ3n) is 5.65. The molecule has 0 aromatic heterocycles. The average Bonchev–Trinajstić information content (AvgIpc) is 3.36. The maximum Gasteiger partial charge on any atom is 0.254 e. The van der Waals surface area contributed by atoms with E-state index in [0.29, 0.717) is 17.2 Å². The third-order valence-corrected chi connectivity index (χ3v) is 5.65. The SMILES string of the molecule is O=C(c1ccc2c(c1)OCO2)N(CCN1CCCC1)CC1CC=CCC1. The van der Waals surface area contributed by atoms with Gasteiger partial charge in [0.05, 0.1) is 0 Å². The molecule has 0 saturated carbocycles. The van der Waals surface area contributed by atoms with Crippen molar-refractivity contribution in [3.05, 3.63) is 35.9 Å². The van der Waals surface area contributed by atoms with Crippen LogP contribution in [0.25, 0.3) is 0 Å². The highest BCUT2D eigenvalue weighted by atomic mass is 16.7. The summed E-state index contributed by atoms with van der Waals surface area (Å²) in [6.45, 7) is 5.17. The molecule has 5 heteroatoms. The van der Waals surface area contributed by atoms with Crippen molar-refractivity contribution in [3.63, 3.8) is 0 Å². The quantitative estimate of drug-likeness (QED) is 0.734. The largest absolute Gasteiger partial charge is 0.454 e. The van der Waals surface area contributed by atoms with Gasteiger partial charge in [-0.25, -0.2) is 0 Å². The second-order valence-corrected chi connectivity index (χ2v) is 7.52. The van der Waals surface area contributed by atoms with Crippen molar-refractivity contribution in [1.82, 2.24) is 9.80 Å². The number of nitrogens with zero attached hydrogens (tertiary/aromatic N) is 2. The molecule has 3 aliphatic rings. The standard InChI is InChI=1S/C21H28N2O3/c24-21(18-8-9-19-20(14-18)26-16-25-19)23(13-12-22-10-4-5-11-22)15-17-6-2-1-3-7-17/h1-2,8-9,14,17H,3-7,10-13,15-16H2. The Labute approximate surface area is 155 Å². The average molecular weight is 356 g/mol. The fraction of sp³-hybridized carbons (Fsp3) is 0.571. The summed E-state index contributed by atoms with van der Waals surface area (Å²) >= 11 is 0. The van der Waals surface area contributed by atoms with Crippen LogP contribution in [0, 0.1) is 5.92 Å². The number of amides is 1. The van der Waals surface area contributed by atoms with Crippen molar-refractivity contribution in [2.45, 2.75) is 32.1 Å². The van der Waals surface area contributed by atoms with Crippen molar-refractivity contribution >= 4 is 5.91 Å². The van der Waals surface area contributed by atoms with Crippen LogP contribution in [0.2, 0.25) is 0 Å². The molecule has 0 bridgehead atoms. The molecule has 4 rings (SSSR count). The van der Waals surface area contributed by atoms with Gasteiger partial charge in [0.2, 0.25) is 6.79 Å². The molecule has 0 radical (unpaired) electrons. The van der Waals surface area contributed by atoms with Crippen LogP contribution in [-0.4, -0.2) is 55.2 Å². The lowest BCUT2D eigenvalue weighted by molar-refractivity contribution is 0.0707. The zero-order valence-electron chi connectivity index (χ0n) is 15.4. The molecular weight excluding hydrogens is 328 g/mol. The molecule has 26 heavy (non-hydrogen) atoms. The molecule has 0 spiro atoms. The van der Waals surface area contributed by atoms with Crippen molar-refractivity contribution < 1.29 is 14.3 Å². The predicted molar refractivity (Wildman–Crippen MR) is 101 cm³/mol. The second-order valence-electron chi connectivity index (χ2n) is 7.52. The normalized spacial score (nSPS) is 21.9. The van der Waals surface area contributed by atoms with E-state index in [-0.39, 0.29) is 12.7 Å². The summed E-state index contributed by atoms with van der Waals surface area (Å²) in [7, 11) is 0. The van der Waals surface area contributed by atoms with Crippen LogP contribution in [0.4, 0.5) is 0 Å². The minimum atomic E-state index is 0.108. The summed E-state index contributed by atoms with van der Waals surface area (Å²) in [5.74, 6) is 2.08. The summed E-state index contributed by atoms with van der Waals surface area (Å²) < 4.78 is 10.8. The number of carbonyl (C=O) groups is 1. The van der Waals surface area contributed by atoms with E-state index in [1.807, 2.05) is 18.2 Å². The molecule has 1 unspecified atom stereocenters. The van der Waals surface area contributed by atoms with Gasteiger partial charge in [0.25, 0.3) is 5.91 Å². The minimum Gasteiger partial charge on any atom is -0.454 e. The van der Waals surface area contributed by atoms with E-state index >= 15 is 0 Å². The van der Waals surface area contributed by atoms with E-state index < -0.39 is 0 Å². The molecule has 1 atom stereocenters. The Hall–Kier alpha value is -2.01. The van der Waals surface area contributed by atoms with E-state index in [0.717, 1.165) is 51.3 Å². The number of hydrogen-bond acceptors (Lipinski definition) is 4. The summed E-state index contributed by atoms with van der Waals surface area (Å²) in [4.78, 5) is 17.7. The Kier molecular flexibility index (Phi) is 5.44. The zero-order valence-corrected chi connectivity index (χ0v) is 15.4. The first-order valence-corrected chi connectivity index (χ1v) is 9.86. The van der Waals surface area contributed by atoms with Crippen molar-refractivity contribution in [3.8, 4) is 11.5 Å². The molecule has 1 amide bonds. The van der Waals surface area contributed by atoms with Gasteiger partial charge in [0.15, 0.2) is 11.5 Å². The summed E-state index contributed by atoms with van der Waals surface area (Å²) in [6.07, 6.45) is 10.5. The summed E-state index contributed by atoms with van der Waals surface area (Å²) in [5.41, 5.74) is 0.696. The summed E-state index contributed by atoms with van der Waals surface area (Å²) in [6, 6.07) is 5.53. The van der Waals surface area contributed by atoms with E-state index in [1.165, 1.54) is 19.3 Å². The van der Waals surface area contributed by atoms with Crippen LogP contribution in [0.1, 0.15) is 42.5 Å². The van der Waals surface area contributed by atoms with Crippen LogP contribution in [0.5, 0.6) is 11.5 Å². The zero-order chi connectivity index (χ0) is 17.8. The lowest BCUT2D eigenvalue weighted by Gasteiger charge is -2.30. The van der Waals surface area contributed by atoms with Gasteiger partial charge in [-0.3, -0.25) is 4.79 Å². The fourth-order valence-corrected chi connectivity index (χ4v) is 4.09. The Bertz CT molecular complexity index is 667. The van der Waals surface area contributed by atoms with Crippen LogP contribution in [0.3, 0.4) is 0 Å². The molecule has 1 saturated heterocycles. The molecule has 2 aliphatic heterocycles. The molecule has 1 aromatic carbocycles. The molecule has 5 nitrogen and oxygen atoms in total. The second kappa shape index (κ2) is 8.12. The third kappa shape index (κ3) is 4.04. The van der Waals surface area contributed by atoms with Gasteiger partial charge >= 0.3 is 0 Å². The van der Waals surface area contributed by atoms with Gasteiger partial charge in [-0.1, -0.05) is 12.2 Å². The number of hydrogen-bond donors (Lipinski definition) is 0. The van der Waals surface area contributed by atoms with Crippen molar-refractivity contribution in [1.29, 1.82) is 0 Å². The number of fused-ring (bicyclic) bond motifs is 1. The van der Waals surface area contributed by atoms with Gasteiger partial charge in [-0.2, -0.15) is 0 Å². The Morgan fingerprint density at radius 3 is 2.81 bits per heavy atom.